The van der Waals surface area contributed by atoms with Crippen molar-refractivity contribution in [3.8, 4) is 5.69 Å². The van der Waals surface area contributed by atoms with E-state index in [0.29, 0.717) is 0 Å². The summed E-state index contributed by atoms with van der Waals surface area (Å²) in [5.74, 6) is 0. The van der Waals surface area contributed by atoms with Gasteiger partial charge in [-0.1, -0.05) is 24.3 Å². The van der Waals surface area contributed by atoms with Crippen molar-refractivity contribution in [2.24, 2.45) is 0 Å². The highest BCUT2D eigenvalue weighted by Gasteiger charge is 2.07. The molecule has 2 aromatic carbocycles. The number of aromatic nitrogens is 2. The maximum atomic E-state index is 4.07. The Kier molecular flexibility index (Phi) is 4.24. The summed E-state index contributed by atoms with van der Waals surface area (Å²) in [7, 11) is 0. The number of para-hydroxylation sites is 1. The molecule has 1 aromatic heterocycles. The second-order valence-electron chi connectivity index (χ2n) is 4.91. The number of nitrogens with one attached hydrogen (secondary N) is 1. The van der Waals surface area contributed by atoms with Gasteiger partial charge < -0.3 is 9.88 Å². The van der Waals surface area contributed by atoms with Crippen LogP contribution in [0.25, 0.3) is 5.69 Å². The smallest absolute Gasteiger partial charge is 0.0991 e. The van der Waals surface area contributed by atoms with Gasteiger partial charge in [0.05, 0.1) is 6.33 Å². The summed E-state index contributed by atoms with van der Waals surface area (Å²) in [5, 5.41) is 3.55. The first kappa shape index (κ1) is 14.1. The third-order valence-corrected chi connectivity index (χ3v) is 4.38. The first-order valence-corrected chi connectivity index (χ1v) is 7.91. The van der Waals surface area contributed by atoms with Gasteiger partial charge in [-0.2, -0.15) is 0 Å². The zero-order valence-electron chi connectivity index (χ0n) is 11.7. The van der Waals surface area contributed by atoms with Crippen molar-refractivity contribution >= 4 is 28.3 Å². The van der Waals surface area contributed by atoms with Crippen LogP contribution in [-0.2, 0) is 0 Å². The van der Waals surface area contributed by atoms with Crippen LogP contribution in [0.5, 0.6) is 0 Å². The molecule has 1 unspecified atom stereocenters. The van der Waals surface area contributed by atoms with Crippen LogP contribution in [0.1, 0.15) is 18.5 Å². The fraction of sp³-hybridized carbons (Fsp3) is 0.118. The van der Waals surface area contributed by atoms with Gasteiger partial charge in [-0.15, -0.1) is 0 Å². The maximum absolute atomic E-state index is 4.07. The highest BCUT2D eigenvalue weighted by Crippen LogP contribution is 2.24. The van der Waals surface area contributed by atoms with E-state index in [-0.39, 0.29) is 6.04 Å². The van der Waals surface area contributed by atoms with Crippen LogP contribution in [0.4, 0.5) is 5.69 Å². The fourth-order valence-electron chi connectivity index (χ4n) is 2.24. The summed E-state index contributed by atoms with van der Waals surface area (Å²) >= 11 is 2.35. The molecule has 0 amide bonds. The highest BCUT2D eigenvalue weighted by molar-refractivity contribution is 14.1. The summed E-state index contributed by atoms with van der Waals surface area (Å²) in [4.78, 5) is 4.07. The molecule has 0 aliphatic rings. The van der Waals surface area contributed by atoms with Gasteiger partial charge >= 0.3 is 0 Å². The number of anilines is 1. The van der Waals surface area contributed by atoms with E-state index >= 15 is 0 Å². The second-order valence-corrected chi connectivity index (χ2v) is 6.07. The molecule has 0 saturated heterocycles. The molecule has 0 radical (unpaired) electrons. The van der Waals surface area contributed by atoms with E-state index in [9.17, 15) is 0 Å². The number of halogens is 1. The summed E-state index contributed by atoms with van der Waals surface area (Å²) in [6, 6.07) is 17.1. The van der Waals surface area contributed by atoms with E-state index in [4.69, 9.17) is 0 Å². The first-order valence-electron chi connectivity index (χ1n) is 6.83. The first-order chi connectivity index (χ1) is 10.2. The minimum absolute atomic E-state index is 0.262. The molecule has 0 fully saturated rings. The molecule has 0 bridgehead atoms. The lowest BCUT2D eigenvalue weighted by Gasteiger charge is -2.17. The van der Waals surface area contributed by atoms with Crippen LogP contribution >= 0.6 is 22.6 Å². The molecule has 1 atom stereocenters. The van der Waals surface area contributed by atoms with Gasteiger partial charge in [0.15, 0.2) is 0 Å². The van der Waals surface area contributed by atoms with Crippen LogP contribution in [0.15, 0.2) is 67.3 Å². The number of rotatable bonds is 4. The minimum Gasteiger partial charge on any atom is -0.378 e. The Morgan fingerprint density at radius 3 is 2.52 bits per heavy atom. The Hall–Kier alpha value is -1.82. The average Bonchev–Trinajstić information content (AvgIpc) is 3.04. The van der Waals surface area contributed by atoms with Gasteiger partial charge in [0, 0.05) is 33.4 Å². The predicted molar refractivity (Wildman–Crippen MR) is 94.8 cm³/mol. The fourth-order valence-corrected chi connectivity index (χ4v) is 2.78. The Morgan fingerprint density at radius 2 is 1.86 bits per heavy atom. The zero-order valence-corrected chi connectivity index (χ0v) is 13.9. The van der Waals surface area contributed by atoms with Gasteiger partial charge in [0.1, 0.15) is 0 Å². The maximum Gasteiger partial charge on any atom is 0.0991 e. The molecule has 0 spiro atoms. The molecule has 3 aromatic rings. The van der Waals surface area contributed by atoms with E-state index in [0.717, 1.165) is 5.69 Å². The number of hydrogen-bond acceptors (Lipinski definition) is 2. The van der Waals surface area contributed by atoms with E-state index in [1.807, 2.05) is 17.1 Å². The van der Waals surface area contributed by atoms with Gasteiger partial charge in [-0.3, -0.25) is 0 Å². The quantitative estimate of drug-likeness (QED) is 0.659. The monoisotopic (exact) mass is 389 g/mol. The minimum atomic E-state index is 0.262. The lowest BCUT2D eigenvalue weighted by molar-refractivity contribution is 0.881. The van der Waals surface area contributed by atoms with Gasteiger partial charge in [0.2, 0.25) is 0 Å². The van der Waals surface area contributed by atoms with Crippen molar-refractivity contribution in [3.63, 3.8) is 0 Å². The Labute approximate surface area is 138 Å². The molecule has 1 heterocycles. The molecule has 0 aliphatic carbocycles. The highest BCUT2D eigenvalue weighted by atomic mass is 127. The number of imidazole rings is 1. The Balaban J connectivity index is 1.76. The lowest BCUT2D eigenvalue weighted by Crippen LogP contribution is -2.07. The molecule has 3 rings (SSSR count). The average molecular weight is 389 g/mol. The predicted octanol–water partition coefficient (Wildman–Crippen LogP) is 4.65. The topological polar surface area (TPSA) is 29.9 Å². The Morgan fingerprint density at radius 1 is 1.10 bits per heavy atom. The van der Waals surface area contributed by atoms with E-state index in [1.165, 1.54) is 14.8 Å². The molecule has 106 valence electrons. The van der Waals surface area contributed by atoms with Gasteiger partial charge in [-0.25, -0.2) is 4.98 Å². The molecule has 1 N–H and O–H groups in total. The van der Waals surface area contributed by atoms with Crippen LogP contribution in [0.2, 0.25) is 0 Å². The molecule has 3 nitrogen and oxygen atoms in total. The SMILES string of the molecule is CC(Nc1ccccc1I)c1ccc(-n2ccnc2)cc1. The van der Waals surface area contributed by atoms with Crippen molar-refractivity contribution in [1.29, 1.82) is 0 Å². The van der Waals surface area contributed by atoms with Crippen molar-refractivity contribution in [3.05, 3.63) is 76.4 Å². The molecular weight excluding hydrogens is 373 g/mol. The van der Waals surface area contributed by atoms with Crippen molar-refractivity contribution < 1.29 is 0 Å². The number of benzene rings is 2. The van der Waals surface area contributed by atoms with E-state index in [1.54, 1.807) is 6.20 Å². The summed E-state index contributed by atoms with van der Waals surface area (Å²) < 4.78 is 3.24. The third-order valence-electron chi connectivity index (χ3n) is 3.44. The Bertz CT molecular complexity index is 705. The van der Waals surface area contributed by atoms with Crippen LogP contribution < -0.4 is 5.32 Å². The van der Waals surface area contributed by atoms with Gasteiger partial charge in [0.25, 0.3) is 0 Å². The standard InChI is InChI=1S/C17H16IN3/c1-13(20-17-5-3-2-4-16(17)18)14-6-8-15(9-7-14)21-11-10-19-12-21/h2-13,20H,1H3. The van der Waals surface area contributed by atoms with Gasteiger partial charge in [-0.05, 0) is 59.3 Å². The number of hydrogen-bond donors (Lipinski definition) is 1. The molecule has 21 heavy (non-hydrogen) atoms. The van der Waals surface area contributed by atoms with Crippen molar-refractivity contribution in [2.45, 2.75) is 13.0 Å². The molecule has 4 heteroatoms. The van der Waals surface area contributed by atoms with Crippen LogP contribution in [0, 0.1) is 3.57 Å². The third kappa shape index (κ3) is 3.26. The van der Waals surface area contributed by atoms with Crippen molar-refractivity contribution in [1.82, 2.24) is 9.55 Å². The molecule has 0 aliphatic heterocycles. The lowest BCUT2D eigenvalue weighted by atomic mass is 10.1. The van der Waals surface area contributed by atoms with E-state index < -0.39 is 0 Å². The largest absolute Gasteiger partial charge is 0.378 e. The number of nitrogens with zero attached hydrogens (tertiary/aromatic N) is 2. The second kappa shape index (κ2) is 6.30. The van der Waals surface area contributed by atoms with E-state index in [2.05, 4.69) is 88.3 Å². The van der Waals surface area contributed by atoms with Crippen LogP contribution in [0.3, 0.4) is 0 Å². The molecule has 0 saturated carbocycles. The zero-order chi connectivity index (χ0) is 14.7. The summed E-state index contributed by atoms with van der Waals surface area (Å²) in [6.45, 7) is 2.18. The normalized spacial score (nSPS) is 12.1. The van der Waals surface area contributed by atoms with Crippen molar-refractivity contribution in [2.75, 3.05) is 5.32 Å². The van der Waals surface area contributed by atoms with Crippen LogP contribution in [-0.4, -0.2) is 9.55 Å². The summed E-state index contributed by atoms with van der Waals surface area (Å²) in [6.07, 6.45) is 5.54. The molecular formula is C17H16IN3. The summed E-state index contributed by atoms with van der Waals surface area (Å²) in [5.41, 5.74) is 3.56.